The minimum Gasteiger partial charge on any atom is -0.396 e. The van der Waals surface area contributed by atoms with Gasteiger partial charge in [-0.05, 0) is 36.6 Å². The van der Waals surface area contributed by atoms with Gasteiger partial charge < -0.3 is 20.5 Å². The molecule has 0 bridgehead atoms. The maximum absolute atomic E-state index is 11.9. The van der Waals surface area contributed by atoms with Crippen molar-refractivity contribution in [1.29, 1.82) is 0 Å². The standard InChI is InChI=1S/C15H19BrN2O3/c16-11-3-4-14-13(7-11)10(8-17-14)6-15(21)18-9-12(20)2-1-5-19/h3-4,7-8,12,17,19-20H,1-2,5-6,9H2,(H,18,21). The lowest BCUT2D eigenvalue weighted by molar-refractivity contribution is -0.120. The molecule has 0 fully saturated rings. The molecule has 0 radical (unpaired) electrons. The molecule has 1 heterocycles. The summed E-state index contributed by atoms with van der Waals surface area (Å²) in [6.07, 6.45) is 2.50. The fourth-order valence-corrected chi connectivity index (χ4v) is 2.55. The first-order chi connectivity index (χ1) is 10.1. The average molecular weight is 355 g/mol. The molecule has 21 heavy (non-hydrogen) atoms. The number of rotatable bonds is 7. The highest BCUT2D eigenvalue weighted by Gasteiger charge is 2.11. The van der Waals surface area contributed by atoms with E-state index in [2.05, 4.69) is 26.2 Å². The van der Waals surface area contributed by atoms with Crippen molar-refractivity contribution >= 4 is 32.7 Å². The van der Waals surface area contributed by atoms with E-state index in [9.17, 15) is 9.90 Å². The molecule has 0 saturated heterocycles. The second-order valence-electron chi connectivity index (χ2n) is 5.00. The van der Waals surface area contributed by atoms with Crippen molar-refractivity contribution < 1.29 is 15.0 Å². The number of carbonyl (C=O) groups excluding carboxylic acids is 1. The SMILES string of the molecule is O=C(Cc1c[nH]c2ccc(Br)cc12)NCC(O)CCCO. The van der Waals surface area contributed by atoms with E-state index in [1.165, 1.54) is 0 Å². The highest BCUT2D eigenvalue weighted by Crippen LogP contribution is 2.22. The molecule has 4 N–H and O–H groups in total. The van der Waals surface area contributed by atoms with E-state index in [0.29, 0.717) is 12.8 Å². The number of hydrogen-bond donors (Lipinski definition) is 4. The highest BCUT2D eigenvalue weighted by atomic mass is 79.9. The summed E-state index contributed by atoms with van der Waals surface area (Å²) in [5.41, 5.74) is 1.91. The lowest BCUT2D eigenvalue weighted by atomic mass is 10.1. The van der Waals surface area contributed by atoms with Crippen LogP contribution in [-0.2, 0) is 11.2 Å². The van der Waals surface area contributed by atoms with Gasteiger partial charge in [0.05, 0.1) is 12.5 Å². The van der Waals surface area contributed by atoms with Crippen LogP contribution in [0.5, 0.6) is 0 Å². The van der Waals surface area contributed by atoms with Gasteiger partial charge in [0.1, 0.15) is 0 Å². The molecule has 0 aliphatic heterocycles. The number of nitrogens with one attached hydrogen (secondary N) is 2. The van der Waals surface area contributed by atoms with Crippen molar-refractivity contribution in [3.8, 4) is 0 Å². The summed E-state index contributed by atoms with van der Waals surface area (Å²) in [6, 6.07) is 5.88. The fraction of sp³-hybridized carbons (Fsp3) is 0.400. The zero-order valence-electron chi connectivity index (χ0n) is 11.6. The summed E-state index contributed by atoms with van der Waals surface area (Å²) < 4.78 is 0.968. The van der Waals surface area contributed by atoms with Gasteiger partial charge in [-0.1, -0.05) is 15.9 Å². The smallest absolute Gasteiger partial charge is 0.224 e. The van der Waals surface area contributed by atoms with E-state index in [4.69, 9.17) is 5.11 Å². The normalized spacial score (nSPS) is 12.5. The van der Waals surface area contributed by atoms with Crippen molar-refractivity contribution in [3.63, 3.8) is 0 Å². The van der Waals surface area contributed by atoms with Crippen molar-refractivity contribution in [3.05, 3.63) is 34.4 Å². The molecule has 0 aliphatic rings. The number of benzene rings is 1. The summed E-state index contributed by atoms with van der Waals surface area (Å²) in [7, 11) is 0. The Morgan fingerprint density at radius 1 is 1.43 bits per heavy atom. The van der Waals surface area contributed by atoms with Crippen LogP contribution in [0.1, 0.15) is 18.4 Å². The average Bonchev–Trinajstić information content (AvgIpc) is 2.85. The number of aromatic amines is 1. The third kappa shape index (κ3) is 4.56. The first-order valence-electron chi connectivity index (χ1n) is 6.91. The molecule has 5 nitrogen and oxygen atoms in total. The van der Waals surface area contributed by atoms with E-state index in [-0.39, 0.29) is 25.5 Å². The lowest BCUT2D eigenvalue weighted by Crippen LogP contribution is -2.33. The second kappa shape index (κ2) is 7.59. The largest absolute Gasteiger partial charge is 0.396 e. The molecule has 2 aromatic rings. The lowest BCUT2D eigenvalue weighted by Gasteiger charge is -2.11. The molecule has 1 amide bonds. The van der Waals surface area contributed by atoms with Gasteiger partial charge in [-0.25, -0.2) is 0 Å². The summed E-state index contributed by atoms with van der Waals surface area (Å²) >= 11 is 3.42. The predicted molar refractivity (Wildman–Crippen MR) is 85.0 cm³/mol. The van der Waals surface area contributed by atoms with Gasteiger partial charge in [0.2, 0.25) is 5.91 Å². The van der Waals surface area contributed by atoms with Crippen LogP contribution in [0.3, 0.4) is 0 Å². The molecule has 6 heteroatoms. The maximum Gasteiger partial charge on any atom is 0.224 e. The van der Waals surface area contributed by atoms with Gasteiger partial charge in [-0.2, -0.15) is 0 Å². The highest BCUT2D eigenvalue weighted by molar-refractivity contribution is 9.10. The molecule has 114 valence electrons. The Morgan fingerprint density at radius 2 is 2.24 bits per heavy atom. The van der Waals surface area contributed by atoms with Gasteiger partial charge >= 0.3 is 0 Å². The third-order valence-corrected chi connectivity index (χ3v) is 3.80. The van der Waals surface area contributed by atoms with Gasteiger partial charge in [0.15, 0.2) is 0 Å². The monoisotopic (exact) mass is 354 g/mol. The van der Waals surface area contributed by atoms with Crippen LogP contribution < -0.4 is 5.32 Å². The third-order valence-electron chi connectivity index (χ3n) is 3.31. The zero-order chi connectivity index (χ0) is 15.2. The van der Waals surface area contributed by atoms with Crippen molar-refractivity contribution in [2.75, 3.05) is 13.2 Å². The molecule has 1 aromatic heterocycles. The van der Waals surface area contributed by atoms with E-state index < -0.39 is 6.10 Å². The molecule has 0 spiro atoms. The van der Waals surface area contributed by atoms with Crippen molar-refractivity contribution in [1.82, 2.24) is 10.3 Å². The number of halogens is 1. The molecule has 1 unspecified atom stereocenters. The summed E-state index contributed by atoms with van der Waals surface area (Å²) in [5, 5.41) is 22.0. The fourth-order valence-electron chi connectivity index (χ4n) is 2.19. The van der Waals surface area contributed by atoms with Crippen LogP contribution in [0.15, 0.2) is 28.9 Å². The molecule has 1 atom stereocenters. The number of hydrogen-bond acceptors (Lipinski definition) is 3. The van der Waals surface area contributed by atoms with Crippen LogP contribution >= 0.6 is 15.9 Å². The second-order valence-corrected chi connectivity index (χ2v) is 5.92. The van der Waals surface area contributed by atoms with Crippen LogP contribution in [-0.4, -0.2) is 40.4 Å². The number of aliphatic hydroxyl groups is 2. The molecule has 0 aliphatic carbocycles. The molecule has 2 rings (SSSR count). The molecule has 0 saturated carbocycles. The topological polar surface area (TPSA) is 85.4 Å². The number of H-pyrrole nitrogens is 1. The van der Waals surface area contributed by atoms with Crippen LogP contribution in [0, 0.1) is 0 Å². The summed E-state index contributed by atoms with van der Waals surface area (Å²) in [5.74, 6) is -0.126. The van der Waals surface area contributed by atoms with Gasteiger partial charge in [0.25, 0.3) is 0 Å². The number of aromatic nitrogens is 1. The Hall–Kier alpha value is -1.37. The Kier molecular flexibility index (Phi) is 5.78. The van der Waals surface area contributed by atoms with Crippen LogP contribution in [0.2, 0.25) is 0 Å². The van der Waals surface area contributed by atoms with Crippen molar-refractivity contribution in [2.24, 2.45) is 0 Å². The van der Waals surface area contributed by atoms with Gasteiger partial charge in [-0.15, -0.1) is 0 Å². The molecular weight excluding hydrogens is 336 g/mol. The number of amides is 1. The Labute approximate surface area is 131 Å². The summed E-state index contributed by atoms with van der Waals surface area (Å²) in [4.78, 5) is 15.1. The Balaban J connectivity index is 1.91. The predicted octanol–water partition coefficient (Wildman–Crippen LogP) is 1.72. The molecular formula is C15H19BrN2O3. The number of carbonyl (C=O) groups is 1. The minimum atomic E-state index is -0.613. The van der Waals surface area contributed by atoms with E-state index >= 15 is 0 Å². The minimum absolute atomic E-state index is 0.0508. The van der Waals surface area contributed by atoms with Gasteiger partial charge in [-0.3, -0.25) is 4.79 Å². The van der Waals surface area contributed by atoms with Crippen LogP contribution in [0.4, 0.5) is 0 Å². The van der Waals surface area contributed by atoms with E-state index in [1.807, 2.05) is 24.4 Å². The Morgan fingerprint density at radius 3 is 3.00 bits per heavy atom. The molecule has 1 aromatic carbocycles. The zero-order valence-corrected chi connectivity index (χ0v) is 13.2. The first kappa shape index (κ1) is 16.0. The quantitative estimate of drug-likeness (QED) is 0.610. The maximum atomic E-state index is 11.9. The number of aliphatic hydroxyl groups excluding tert-OH is 2. The summed E-state index contributed by atoms with van der Waals surface area (Å²) in [6.45, 7) is 0.264. The number of fused-ring (bicyclic) bond motifs is 1. The van der Waals surface area contributed by atoms with Crippen LogP contribution in [0.25, 0.3) is 10.9 Å². The van der Waals surface area contributed by atoms with Crippen molar-refractivity contribution in [2.45, 2.75) is 25.4 Å². The van der Waals surface area contributed by atoms with Gasteiger partial charge in [0, 0.05) is 34.7 Å². The first-order valence-corrected chi connectivity index (χ1v) is 7.70. The Bertz CT molecular complexity index is 612. The van der Waals surface area contributed by atoms with E-state index in [1.54, 1.807) is 0 Å². The van der Waals surface area contributed by atoms with E-state index in [0.717, 1.165) is 20.9 Å².